The maximum absolute atomic E-state index is 11.2. The molecular formula is C15H21NO3. The second-order valence-corrected chi connectivity index (χ2v) is 5.24. The molecule has 1 unspecified atom stereocenters. The Labute approximate surface area is 114 Å². The molecule has 1 N–H and O–H groups in total. The molecule has 0 aromatic heterocycles. The lowest BCUT2D eigenvalue weighted by Crippen LogP contribution is -2.31. The molecule has 1 aliphatic heterocycles. The van der Waals surface area contributed by atoms with Crippen molar-refractivity contribution in [2.45, 2.75) is 19.4 Å². The van der Waals surface area contributed by atoms with Gasteiger partial charge in [0, 0.05) is 19.7 Å². The summed E-state index contributed by atoms with van der Waals surface area (Å²) < 4.78 is 5.47. The zero-order chi connectivity index (χ0) is 13.7. The van der Waals surface area contributed by atoms with E-state index in [9.17, 15) is 4.79 Å². The number of carboxylic acids is 1. The largest absolute Gasteiger partial charge is 0.478 e. The Hall–Kier alpha value is -1.39. The minimum absolute atomic E-state index is 0.397. The molecule has 0 radical (unpaired) electrons. The highest BCUT2D eigenvalue weighted by atomic mass is 16.5. The Kier molecular flexibility index (Phi) is 4.93. The van der Waals surface area contributed by atoms with Crippen LogP contribution in [0.15, 0.2) is 24.3 Å². The summed E-state index contributed by atoms with van der Waals surface area (Å²) in [5, 5.41) is 9.16. The van der Waals surface area contributed by atoms with Crippen LogP contribution in [0.25, 0.3) is 0 Å². The van der Waals surface area contributed by atoms with Crippen molar-refractivity contribution in [1.29, 1.82) is 0 Å². The van der Waals surface area contributed by atoms with Gasteiger partial charge in [-0.2, -0.15) is 0 Å². The lowest BCUT2D eigenvalue weighted by atomic mass is 10.0. The van der Waals surface area contributed by atoms with E-state index in [1.54, 1.807) is 12.1 Å². The third-order valence-corrected chi connectivity index (χ3v) is 3.51. The van der Waals surface area contributed by atoms with Crippen LogP contribution in [0.5, 0.6) is 0 Å². The van der Waals surface area contributed by atoms with Gasteiger partial charge in [0.15, 0.2) is 0 Å². The number of hydrogen-bond donors (Lipinski definition) is 1. The molecule has 0 amide bonds. The minimum Gasteiger partial charge on any atom is -0.478 e. The molecule has 0 saturated carbocycles. The monoisotopic (exact) mass is 263 g/mol. The average molecular weight is 263 g/mol. The predicted molar refractivity (Wildman–Crippen MR) is 73.3 cm³/mol. The quantitative estimate of drug-likeness (QED) is 0.885. The zero-order valence-corrected chi connectivity index (χ0v) is 11.3. The van der Waals surface area contributed by atoms with Gasteiger partial charge in [-0.3, -0.25) is 0 Å². The molecule has 1 saturated heterocycles. The maximum atomic E-state index is 11.2. The molecule has 2 rings (SSSR count). The molecule has 1 aromatic rings. The van der Waals surface area contributed by atoms with Crippen molar-refractivity contribution in [2.24, 2.45) is 5.92 Å². The first-order chi connectivity index (χ1) is 9.16. The van der Waals surface area contributed by atoms with Gasteiger partial charge in [0.25, 0.3) is 0 Å². The van der Waals surface area contributed by atoms with Crippen molar-refractivity contribution < 1.29 is 14.6 Å². The molecule has 1 aliphatic rings. The molecule has 1 aromatic carbocycles. The second-order valence-electron chi connectivity index (χ2n) is 5.24. The van der Waals surface area contributed by atoms with Crippen molar-refractivity contribution in [2.75, 3.05) is 26.8 Å². The van der Waals surface area contributed by atoms with E-state index in [0.717, 1.165) is 31.7 Å². The fourth-order valence-electron chi connectivity index (χ4n) is 2.61. The first-order valence-corrected chi connectivity index (χ1v) is 6.74. The summed E-state index contributed by atoms with van der Waals surface area (Å²) in [6.45, 7) is 3.32. The normalized spacial score (nSPS) is 19.6. The Morgan fingerprint density at radius 2 is 2.26 bits per heavy atom. The Balaban J connectivity index is 1.94. The van der Waals surface area contributed by atoms with Gasteiger partial charge in [-0.05, 0) is 37.4 Å². The minimum atomic E-state index is -0.856. The molecule has 1 atom stereocenters. The molecule has 1 heterocycles. The van der Waals surface area contributed by atoms with Gasteiger partial charge in [-0.1, -0.05) is 18.2 Å². The van der Waals surface area contributed by atoms with Crippen molar-refractivity contribution in [3.05, 3.63) is 35.4 Å². The third-order valence-electron chi connectivity index (χ3n) is 3.51. The molecular weight excluding hydrogens is 242 g/mol. The van der Waals surface area contributed by atoms with E-state index >= 15 is 0 Å². The van der Waals surface area contributed by atoms with Gasteiger partial charge < -0.3 is 14.7 Å². The topological polar surface area (TPSA) is 49.8 Å². The van der Waals surface area contributed by atoms with Crippen LogP contribution < -0.4 is 0 Å². The molecule has 0 aliphatic carbocycles. The SMILES string of the molecule is CN(Cc1ccccc1C(=O)O)CC1CCCOC1. The van der Waals surface area contributed by atoms with E-state index in [-0.39, 0.29) is 0 Å². The summed E-state index contributed by atoms with van der Waals surface area (Å²) in [4.78, 5) is 13.3. The Morgan fingerprint density at radius 3 is 2.95 bits per heavy atom. The number of ether oxygens (including phenoxy) is 1. The van der Waals surface area contributed by atoms with E-state index in [0.29, 0.717) is 18.0 Å². The maximum Gasteiger partial charge on any atom is 0.336 e. The summed E-state index contributed by atoms with van der Waals surface area (Å²) in [5.41, 5.74) is 1.27. The van der Waals surface area contributed by atoms with Crippen molar-refractivity contribution in [3.8, 4) is 0 Å². The van der Waals surface area contributed by atoms with Crippen LogP contribution in [0.2, 0.25) is 0 Å². The highest BCUT2D eigenvalue weighted by molar-refractivity contribution is 5.89. The Bertz CT molecular complexity index is 427. The number of carboxylic acid groups (broad SMARTS) is 1. The van der Waals surface area contributed by atoms with Gasteiger partial charge in [-0.25, -0.2) is 4.79 Å². The summed E-state index contributed by atoms with van der Waals surface area (Å²) in [5.74, 6) is -0.291. The zero-order valence-electron chi connectivity index (χ0n) is 11.3. The fourth-order valence-corrected chi connectivity index (χ4v) is 2.61. The van der Waals surface area contributed by atoms with Crippen LogP contribution >= 0.6 is 0 Å². The van der Waals surface area contributed by atoms with E-state index in [1.807, 2.05) is 19.2 Å². The number of aromatic carboxylic acids is 1. The number of carbonyl (C=O) groups is 1. The molecule has 4 heteroatoms. The first kappa shape index (κ1) is 14.0. The van der Waals surface area contributed by atoms with E-state index in [2.05, 4.69) is 4.90 Å². The molecule has 1 fully saturated rings. The highest BCUT2D eigenvalue weighted by Crippen LogP contribution is 2.17. The number of benzene rings is 1. The van der Waals surface area contributed by atoms with Gasteiger partial charge in [0.1, 0.15) is 0 Å². The van der Waals surface area contributed by atoms with Gasteiger partial charge in [0.05, 0.1) is 12.2 Å². The lowest BCUT2D eigenvalue weighted by Gasteiger charge is -2.27. The van der Waals surface area contributed by atoms with Crippen LogP contribution in [0.1, 0.15) is 28.8 Å². The number of nitrogens with zero attached hydrogens (tertiary/aromatic N) is 1. The molecule has 0 bridgehead atoms. The summed E-state index contributed by atoms with van der Waals surface area (Å²) >= 11 is 0. The smallest absolute Gasteiger partial charge is 0.336 e. The van der Waals surface area contributed by atoms with E-state index < -0.39 is 5.97 Å². The third kappa shape index (κ3) is 4.04. The summed E-state index contributed by atoms with van der Waals surface area (Å²) in [6, 6.07) is 7.20. The van der Waals surface area contributed by atoms with Crippen molar-refractivity contribution in [1.82, 2.24) is 4.90 Å². The molecule has 104 valence electrons. The van der Waals surface area contributed by atoms with Crippen molar-refractivity contribution in [3.63, 3.8) is 0 Å². The van der Waals surface area contributed by atoms with Crippen molar-refractivity contribution >= 4 is 5.97 Å². The molecule has 19 heavy (non-hydrogen) atoms. The van der Waals surface area contributed by atoms with Crippen LogP contribution in [0, 0.1) is 5.92 Å². The van der Waals surface area contributed by atoms with E-state index in [1.165, 1.54) is 6.42 Å². The predicted octanol–water partition coefficient (Wildman–Crippen LogP) is 2.24. The average Bonchev–Trinajstić information content (AvgIpc) is 2.40. The summed E-state index contributed by atoms with van der Waals surface area (Å²) in [7, 11) is 2.03. The number of hydrogen-bond acceptors (Lipinski definition) is 3. The standard InChI is InChI=1S/C15H21NO3/c1-16(9-12-5-4-8-19-11-12)10-13-6-2-3-7-14(13)15(17)18/h2-3,6-7,12H,4-5,8-11H2,1H3,(H,17,18). The second kappa shape index (κ2) is 6.68. The van der Waals surface area contributed by atoms with Gasteiger partial charge >= 0.3 is 5.97 Å². The van der Waals surface area contributed by atoms with Gasteiger partial charge in [-0.15, -0.1) is 0 Å². The van der Waals surface area contributed by atoms with Crippen LogP contribution in [0.3, 0.4) is 0 Å². The fraction of sp³-hybridized carbons (Fsp3) is 0.533. The first-order valence-electron chi connectivity index (χ1n) is 6.74. The molecule has 4 nitrogen and oxygen atoms in total. The highest BCUT2D eigenvalue weighted by Gasteiger charge is 2.17. The lowest BCUT2D eigenvalue weighted by molar-refractivity contribution is 0.0410. The van der Waals surface area contributed by atoms with Gasteiger partial charge in [0.2, 0.25) is 0 Å². The molecule has 0 spiro atoms. The van der Waals surface area contributed by atoms with E-state index in [4.69, 9.17) is 9.84 Å². The van der Waals surface area contributed by atoms with Crippen LogP contribution in [-0.4, -0.2) is 42.8 Å². The summed E-state index contributed by atoms with van der Waals surface area (Å²) in [6.07, 6.45) is 2.33. The Morgan fingerprint density at radius 1 is 1.47 bits per heavy atom. The van der Waals surface area contributed by atoms with Crippen LogP contribution in [-0.2, 0) is 11.3 Å². The van der Waals surface area contributed by atoms with Crippen LogP contribution in [0.4, 0.5) is 0 Å². The number of rotatable bonds is 5.